The minimum Gasteiger partial charge on any atom is -0.453 e. The van der Waals surface area contributed by atoms with Crippen LogP contribution in [0.5, 0.6) is 0 Å². The normalized spacial score (nSPS) is 18.9. The molecule has 0 aliphatic carbocycles. The molecule has 616 valence electrons. The number of Topliss-reactive ketones (excluding diaryl/α,β-unsaturated/α-hetero) is 1. The number of aromatic nitrogens is 4. The van der Waals surface area contributed by atoms with Gasteiger partial charge in [-0.1, -0.05) is 165 Å². The zero-order chi connectivity index (χ0) is 83.9. The third-order valence-electron chi connectivity index (χ3n) is 23.2. The third kappa shape index (κ3) is 18.3. The molecular formula is C91H104N14O13. The Morgan fingerprint density at radius 2 is 0.720 bits per heavy atom. The van der Waals surface area contributed by atoms with Gasteiger partial charge in [0.2, 0.25) is 23.6 Å². The number of benzene rings is 6. The molecule has 8 heterocycles. The Hall–Kier alpha value is -12.6. The average Bonchev–Trinajstić information content (AvgIpc) is 1.59. The first-order chi connectivity index (χ1) is 56.7. The van der Waals surface area contributed by atoms with Crippen molar-refractivity contribution in [2.75, 3.05) is 54.6 Å². The number of nitrogens with one attached hydrogen (secondary N) is 6. The van der Waals surface area contributed by atoms with E-state index in [2.05, 4.69) is 164 Å². The Balaban J connectivity index is 0.000000205. The topological polar surface area (TPSA) is 334 Å². The van der Waals surface area contributed by atoms with Gasteiger partial charge in [0.05, 0.1) is 82.9 Å². The summed E-state index contributed by atoms with van der Waals surface area (Å²) in [6, 6.07) is 38.2. The molecule has 2 aromatic heterocycles. The number of likely N-dealkylation sites (tertiary alicyclic amines) is 4. The highest BCUT2D eigenvalue weighted by molar-refractivity contribution is 6.09. The number of fused-ring (bicyclic) bond motifs is 2. The first-order valence-corrected chi connectivity index (χ1v) is 40.4. The number of aliphatic imine (C=N–C) groups is 2. The summed E-state index contributed by atoms with van der Waals surface area (Å²) in [4.78, 5) is 148. The molecule has 14 rings (SSSR count). The Morgan fingerprint density at radius 3 is 1.08 bits per heavy atom. The van der Waals surface area contributed by atoms with E-state index < -0.39 is 54.6 Å². The van der Waals surface area contributed by atoms with Gasteiger partial charge in [0, 0.05) is 73.8 Å². The fourth-order valence-corrected chi connectivity index (χ4v) is 16.6. The first-order valence-electron chi connectivity index (χ1n) is 40.4. The molecule has 0 radical (unpaired) electrons. The van der Waals surface area contributed by atoms with Crippen molar-refractivity contribution in [3.8, 4) is 44.8 Å². The van der Waals surface area contributed by atoms with E-state index in [1.807, 2.05) is 90.0 Å². The Morgan fingerprint density at radius 1 is 0.407 bits per heavy atom. The molecule has 4 fully saturated rings. The van der Waals surface area contributed by atoms with Gasteiger partial charge in [-0.25, -0.2) is 29.1 Å². The fraction of sp³-hybridized carbons (Fsp3) is 0.396. The lowest BCUT2D eigenvalue weighted by molar-refractivity contribution is -0.136. The molecule has 8 aromatic rings. The second-order valence-corrected chi connectivity index (χ2v) is 32.4. The van der Waals surface area contributed by atoms with Gasteiger partial charge in [0.25, 0.3) is 0 Å². The number of ketones is 1. The summed E-state index contributed by atoms with van der Waals surface area (Å²) in [5.74, 6) is 0.0983. The van der Waals surface area contributed by atoms with Crippen LogP contribution < -0.4 is 21.3 Å². The van der Waals surface area contributed by atoms with Gasteiger partial charge in [-0.05, 0) is 146 Å². The highest BCUT2D eigenvalue weighted by Gasteiger charge is 2.45. The molecule has 0 spiro atoms. The number of ether oxygens (including phenoxy) is 4. The molecule has 6 N–H and O–H groups in total. The van der Waals surface area contributed by atoms with E-state index in [1.54, 1.807) is 9.80 Å². The number of nitrogens with zero attached hydrogens (tertiary/aromatic N) is 8. The van der Waals surface area contributed by atoms with E-state index in [-0.39, 0.29) is 84.2 Å². The van der Waals surface area contributed by atoms with Crippen LogP contribution in [0, 0.1) is 23.7 Å². The van der Waals surface area contributed by atoms with Gasteiger partial charge in [-0.2, -0.15) is 0 Å². The Labute approximate surface area is 686 Å². The molecule has 27 heteroatoms. The van der Waals surface area contributed by atoms with E-state index in [0.29, 0.717) is 38.9 Å². The number of rotatable bonds is 22. The SMILES string of the molecule is C=C1C[C@@H](C2=NC=C(c3ccc(-c4ccc5cc(-c6cnc([C@@H]7CCCN7C(=O)[C@@H](NC(=O)OC)C(C)C)[nH]6)ccc5c4)cc3)C2)N(C(=O)[C@@H](NC(=O)OC)C(C)C)C1.COC(=O)N[C@H](C(=O)N1CC(=O)C[C@H]1C1=NC=C(c2ccc(-c3ccc4cc(-c5cnc([C@@H]6CCCN6C(=O)[C@@H](NC(=O)OC)C(C)C)[nH]5)ccc4c3)cc2)C1)C(C)C. The van der Waals surface area contributed by atoms with Crippen molar-refractivity contribution in [1.29, 1.82) is 0 Å². The van der Waals surface area contributed by atoms with Crippen LogP contribution in [-0.2, 0) is 42.9 Å². The second kappa shape index (κ2) is 36.3. The lowest BCUT2D eigenvalue weighted by Crippen LogP contribution is -2.53. The van der Waals surface area contributed by atoms with Crippen LogP contribution in [-0.4, -0.2) is 196 Å². The Kier molecular flexibility index (Phi) is 25.7. The monoisotopic (exact) mass is 1600 g/mol. The summed E-state index contributed by atoms with van der Waals surface area (Å²) in [5.41, 5.74) is 14.8. The fourth-order valence-electron chi connectivity index (χ4n) is 16.6. The summed E-state index contributed by atoms with van der Waals surface area (Å²) >= 11 is 0. The van der Waals surface area contributed by atoms with Crippen molar-refractivity contribution < 1.29 is 62.1 Å². The second-order valence-electron chi connectivity index (χ2n) is 32.4. The van der Waals surface area contributed by atoms with Gasteiger partial charge in [-0.3, -0.25) is 34.0 Å². The number of allylic oxidation sites excluding steroid dienone is 2. The highest BCUT2D eigenvalue weighted by Crippen LogP contribution is 2.40. The summed E-state index contributed by atoms with van der Waals surface area (Å²) in [6.07, 6.45) is 9.98. The number of aromatic amines is 2. The van der Waals surface area contributed by atoms with Crippen molar-refractivity contribution >= 4 is 97.9 Å². The van der Waals surface area contributed by atoms with E-state index in [9.17, 15) is 43.2 Å². The lowest BCUT2D eigenvalue weighted by Gasteiger charge is -2.30. The average molecular weight is 1600 g/mol. The van der Waals surface area contributed by atoms with Crippen LogP contribution in [0.25, 0.3) is 77.5 Å². The third-order valence-corrected chi connectivity index (χ3v) is 23.2. The molecule has 6 aliphatic heterocycles. The summed E-state index contributed by atoms with van der Waals surface area (Å²) in [5, 5.41) is 15.1. The van der Waals surface area contributed by atoms with Crippen LogP contribution >= 0.6 is 0 Å². The van der Waals surface area contributed by atoms with Gasteiger partial charge in [0.15, 0.2) is 5.78 Å². The van der Waals surface area contributed by atoms with Gasteiger partial charge < -0.3 is 69.8 Å². The van der Waals surface area contributed by atoms with E-state index in [1.165, 1.54) is 28.4 Å². The molecule has 118 heavy (non-hydrogen) atoms. The highest BCUT2D eigenvalue weighted by atomic mass is 16.5. The smallest absolute Gasteiger partial charge is 0.407 e. The van der Waals surface area contributed by atoms with Gasteiger partial charge in [-0.15, -0.1) is 0 Å². The molecule has 6 aliphatic rings. The number of hydrogen-bond acceptors (Lipinski definition) is 17. The van der Waals surface area contributed by atoms with E-state index in [0.717, 1.165) is 143 Å². The van der Waals surface area contributed by atoms with Crippen molar-refractivity contribution in [3.63, 3.8) is 0 Å². The number of methoxy groups -OCH3 is 4. The van der Waals surface area contributed by atoms with Crippen LogP contribution in [0.15, 0.2) is 168 Å². The molecule has 0 unspecified atom stereocenters. The predicted molar refractivity (Wildman–Crippen MR) is 452 cm³/mol. The predicted octanol–water partition coefficient (Wildman–Crippen LogP) is 14.3. The van der Waals surface area contributed by atoms with Crippen LogP contribution in [0.2, 0.25) is 0 Å². The molecule has 0 bridgehead atoms. The zero-order valence-electron chi connectivity index (χ0n) is 68.9. The number of carbonyl (C=O) groups is 9. The molecular weight excluding hydrogens is 1500 g/mol. The van der Waals surface area contributed by atoms with Crippen molar-refractivity contribution in [3.05, 3.63) is 181 Å². The minimum absolute atomic E-state index is 0.0165. The maximum atomic E-state index is 13.7. The minimum atomic E-state index is -0.823. The molecule has 0 saturated carbocycles. The maximum Gasteiger partial charge on any atom is 0.407 e. The Bertz CT molecular complexity index is 4980. The number of amides is 8. The number of carbonyl (C=O) groups excluding carboxylic acids is 9. The summed E-state index contributed by atoms with van der Waals surface area (Å²) in [6.45, 7) is 20.8. The van der Waals surface area contributed by atoms with Gasteiger partial charge >= 0.3 is 24.4 Å². The largest absolute Gasteiger partial charge is 0.453 e. The number of alkyl carbamates (subject to hydrolysis) is 4. The molecule has 27 nitrogen and oxygen atoms in total. The molecule has 6 aromatic carbocycles. The first kappa shape index (κ1) is 83.4. The molecule has 8 atom stereocenters. The lowest BCUT2D eigenvalue weighted by atomic mass is 9.95. The molecule has 4 saturated heterocycles. The van der Waals surface area contributed by atoms with E-state index >= 15 is 0 Å². The molecule has 8 amide bonds. The quantitative estimate of drug-likeness (QED) is 0.0271. The number of imidazole rings is 2. The van der Waals surface area contributed by atoms with E-state index in [4.69, 9.17) is 33.9 Å². The van der Waals surface area contributed by atoms with Gasteiger partial charge in [0.1, 0.15) is 35.8 Å². The zero-order valence-corrected chi connectivity index (χ0v) is 68.9. The standard InChI is InChI=1S/C46H53N7O6.C45H51N7O7/c1-26(2)40(50-45(56)58-6)43(54)52-18-8-9-38(52)42-48-24-37(49-42)34-17-16-32-20-31(14-15-33(32)21-34)29-10-12-30(13-11-29)35-22-36(47-23-35)39-19-28(5)25-53(39)44(55)41(27(3)4)51-46(57)59-7;1-25(2)39(49-44(56)58-5)42(54)51-17-7-8-37(51)41-47-23-36(48-41)32-16-15-30-18-29(13-14-31(30)19-32)27-9-11-28(12-10-27)33-20-35(46-22-33)38-21-34(53)24-52(38)43(55)40(26(3)4)50-45(57)59-6/h10-17,20-21,23-24,26-27,38-41H,5,8-9,18-19,22,25H2,1-4,6-7H3,(H,48,49)(H,50,56)(H,51,57);9-16,18-19,22-23,25-26,37-40H,7-8,17,20-21,24H2,1-6H3,(H,47,48)(H,49,56)(H,50,57)/t38-,39-,40-,41-;37-,38-,39-,40-/m00/s1. The maximum absolute atomic E-state index is 13.7. The number of hydrogen-bond donors (Lipinski definition) is 6. The summed E-state index contributed by atoms with van der Waals surface area (Å²) < 4.78 is 19.0. The number of H-pyrrole nitrogens is 2. The van der Waals surface area contributed by atoms with Crippen molar-refractivity contribution in [2.45, 2.75) is 155 Å². The van der Waals surface area contributed by atoms with Crippen LogP contribution in [0.1, 0.15) is 142 Å². The summed E-state index contributed by atoms with van der Waals surface area (Å²) in [7, 11) is 5.12. The van der Waals surface area contributed by atoms with Crippen molar-refractivity contribution in [2.24, 2.45) is 33.7 Å². The van der Waals surface area contributed by atoms with Crippen LogP contribution in [0.4, 0.5) is 19.2 Å². The van der Waals surface area contributed by atoms with Crippen LogP contribution in [0.3, 0.4) is 0 Å². The van der Waals surface area contributed by atoms with Crippen molar-refractivity contribution in [1.82, 2.24) is 60.8 Å².